The number of Topliss-reactive ketones (excluding diaryl/α,β-unsaturated/α-hetero) is 1. The number of nitrogens with zero attached hydrogens (tertiary/aromatic N) is 1. The van der Waals surface area contributed by atoms with Crippen molar-refractivity contribution < 1.29 is 28.7 Å². The van der Waals surface area contributed by atoms with Crippen LogP contribution in [0.2, 0.25) is 0 Å². The molecule has 0 aromatic rings. The van der Waals surface area contributed by atoms with E-state index in [2.05, 4.69) is 55.9 Å². The molecule has 12 nitrogen and oxygen atoms in total. The van der Waals surface area contributed by atoms with Gasteiger partial charge in [-0.3, -0.25) is 19.2 Å². The quantitative estimate of drug-likeness (QED) is 0.198. The number of ether oxygens (including phenoxy) is 1. The summed E-state index contributed by atoms with van der Waals surface area (Å²) in [7, 11) is 0. The van der Waals surface area contributed by atoms with Gasteiger partial charge in [0.15, 0.2) is 0 Å². The Bertz CT molecular complexity index is 1290. The van der Waals surface area contributed by atoms with E-state index in [0.29, 0.717) is 39.1 Å². The van der Waals surface area contributed by atoms with Crippen molar-refractivity contribution in [2.24, 2.45) is 38.7 Å². The van der Waals surface area contributed by atoms with E-state index in [4.69, 9.17) is 10.5 Å². The van der Waals surface area contributed by atoms with Crippen LogP contribution >= 0.6 is 0 Å². The van der Waals surface area contributed by atoms with Crippen LogP contribution in [0.25, 0.3) is 0 Å². The molecule has 2 spiro atoms. The van der Waals surface area contributed by atoms with Crippen molar-refractivity contribution in [3.05, 3.63) is 0 Å². The molecule has 270 valence electrons. The van der Waals surface area contributed by atoms with Crippen LogP contribution in [-0.4, -0.2) is 90.9 Å². The van der Waals surface area contributed by atoms with Crippen molar-refractivity contribution in [1.82, 2.24) is 26.2 Å². The zero-order valence-electron chi connectivity index (χ0n) is 30.4. The topological polar surface area (TPSA) is 172 Å². The molecule has 48 heavy (non-hydrogen) atoms. The lowest BCUT2D eigenvalue weighted by molar-refractivity contribution is -0.143. The number of fused-ring (bicyclic) bond motifs is 1. The monoisotopic (exact) mass is 672 g/mol. The first-order valence-electron chi connectivity index (χ1n) is 18.1. The first kappa shape index (κ1) is 36.5. The summed E-state index contributed by atoms with van der Waals surface area (Å²) in [5.74, 6) is -2.39. The van der Waals surface area contributed by atoms with Gasteiger partial charge in [-0.25, -0.2) is 4.79 Å². The predicted molar refractivity (Wildman–Crippen MR) is 181 cm³/mol. The Morgan fingerprint density at radius 3 is 1.98 bits per heavy atom. The minimum absolute atomic E-state index is 0.0579. The Morgan fingerprint density at radius 2 is 1.54 bits per heavy atom. The molecule has 0 aromatic heterocycles. The van der Waals surface area contributed by atoms with Gasteiger partial charge in [0.05, 0.1) is 25.3 Å². The third-order valence-corrected chi connectivity index (χ3v) is 13.1. The highest BCUT2D eigenvalue weighted by Crippen LogP contribution is 2.88. The van der Waals surface area contributed by atoms with Crippen molar-refractivity contribution >= 4 is 29.5 Å². The summed E-state index contributed by atoms with van der Waals surface area (Å²) in [6.07, 6.45) is 7.00. The lowest BCUT2D eigenvalue weighted by Crippen LogP contribution is -2.62. The molecule has 3 saturated carbocycles. The average molecular weight is 673 g/mol. The Labute approximate surface area is 286 Å². The number of primary amides is 1. The number of likely N-dealkylation sites (tertiary alicyclic amines) is 1. The van der Waals surface area contributed by atoms with Gasteiger partial charge < -0.3 is 36.6 Å². The summed E-state index contributed by atoms with van der Waals surface area (Å²) in [5.41, 5.74) is 4.22. The number of ketones is 1. The van der Waals surface area contributed by atoms with Gasteiger partial charge in [-0.05, 0) is 53.3 Å². The van der Waals surface area contributed by atoms with Crippen LogP contribution in [0.4, 0.5) is 4.79 Å². The molecule has 12 heteroatoms. The van der Waals surface area contributed by atoms with E-state index >= 15 is 0 Å². The van der Waals surface area contributed by atoms with Gasteiger partial charge in [-0.2, -0.15) is 0 Å². The number of rotatable bonds is 12. The molecule has 5 amide bonds. The van der Waals surface area contributed by atoms with Gasteiger partial charge in [-0.15, -0.1) is 0 Å². The fourth-order valence-electron chi connectivity index (χ4n) is 9.15. The lowest BCUT2D eigenvalue weighted by Gasteiger charge is -2.38. The highest BCUT2D eigenvalue weighted by molar-refractivity contribution is 6.37. The molecular formula is C36H60N6O6. The predicted octanol–water partition coefficient (Wildman–Crippen LogP) is 2.63. The molecule has 6 N–H and O–H groups in total. The van der Waals surface area contributed by atoms with Gasteiger partial charge >= 0.3 is 6.03 Å². The summed E-state index contributed by atoms with van der Waals surface area (Å²) >= 11 is 0. The van der Waals surface area contributed by atoms with E-state index < -0.39 is 47.2 Å². The molecule has 0 bridgehead atoms. The Hall–Kier alpha value is -2.73. The van der Waals surface area contributed by atoms with E-state index in [1.807, 2.05) is 20.8 Å². The summed E-state index contributed by atoms with van der Waals surface area (Å²) in [5, 5.41) is 12.4. The maximum atomic E-state index is 14.7. The standard InChI is InChI=1S/C36H60N6O6/c1-32(2,3)25(17-38-22-18-48-19-22)40-31(47)41-27(33(4,5)6)30(46)42-20-36(34(7,8)35(36)13-10-14-35)16-24(42)29(45)39-23(26(43)28(37)44)15-21-11-9-12-21/h21-25,27,38H,9-20H2,1-8H3,(H2,37,44)(H,39,45)(H2,40,41,47)/t23?,24-,25?,27+,36+/m0/s1. The first-order valence-corrected chi connectivity index (χ1v) is 18.1. The summed E-state index contributed by atoms with van der Waals surface area (Å²) in [6, 6.07) is -3.19. The van der Waals surface area contributed by atoms with E-state index in [0.717, 1.165) is 38.5 Å². The van der Waals surface area contributed by atoms with E-state index in [1.165, 1.54) is 0 Å². The SMILES string of the molecule is CC(C)(C)C(CNC1COC1)NC(=O)N[C@H](C(=O)N1C[C@]2(C[C@H]1C(=O)NC(CC1CCC1)C(=O)C(N)=O)C(C)(C)C21CCC1)C(C)(C)C. The zero-order valence-corrected chi connectivity index (χ0v) is 30.4. The molecule has 2 saturated heterocycles. The third kappa shape index (κ3) is 6.48. The van der Waals surface area contributed by atoms with E-state index in [-0.39, 0.29) is 45.6 Å². The van der Waals surface area contributed by atoms with Crippen LogP contribution < -0.4 is 27.0 Å². The van der Waals surface area contributed by atoms with Crippen molar-refractivity contribution in [2.45, 2.75) is 137 Å². The molecule has 2 aliphatic heterocycles. The number of amides is 5. The van der Waals surface area contributed by atoms with Gasteiger partial charge in [0.2, 0.25) is 17.6 Å². The van der Waals surface area contributed by atoms with Gasteiger partial charge in [0, 0.05) is 24.5 Å². The molecule has 5 atom stereocenters. The first-order chi connectivity index (χ1) is 22.2. The second kappa shape index (κ2) is 12.9. The molecule has 5 fully saturated rings. The van der Waals surface area contributed by atoms with Crippen LogP contribution in [0, 0.1) is 33.0 Å². The summed E-state index contributed by atoms with van der Waals surface area (Å²) in [4.78, 5) is 69.1. The van der Waals surface area contributed by atoms with Crippen LogP contribution in [-0.2, 0) is 23.9 Å². The van der Waals surface area contributed by atoms with Crippen LogP contribution in [0.1, 0.15) is 107 Å². The van der Waals surface area contributed by atoms with Crippen molar-refractivity contribution in [2.75, 3.05) is 26.3 Å². The minimum Gasteiger partial charge on any atom is -0.378 e. The molecular weight excluding hydrogens is 612 g/mol. The largest absolute Gasteiger partial charge is 0.378 e. The lowest BCUT2D eigenvalue weighted by atomic mass is 9.73. The van der Waals surface area contributed by atoms with Crippen LogP contribution in [0.15, 0.2) is 0 Å². The van der Waals surface area contributed by atoms with Crippen molar-refractivity contribution in [1.29, 1.82) is 0 Å². The minimum atomic E-state index is -1.07. The number of nitrogens with one attached hydrogen (secondary N) is 4. The Kier molecular flexibility index (Phi) is 9.79. The number of hydrogen-bond donors (Lipinski definition) is 5. The number of carbonyl (C=O) groups excluding carboxylic acids is 5. The maximum absolute atomic E-state index is 14.7. The molecule has 2 unspecified atom stereocenters. The number of hydrogen-bond acceptors (Lipinski definition) is 7. The number of urea groups is 1. The Morgan fingerprint density at radius 1 is 0.896 bits per heavy atom. The van der Waals surface area contributed by atoms with Crippen LogP contribution in [0.3, 0.4) is 0 Å². The molecule has 0 aromatic carbocycles. The fourth-order valence-corrected chi connectivity index (χ4v) is 9.15. The molecule has 2 heterocycles. The highest BCUT2D eigenvalue weighted by Gasteiger charge is 2.85. The normalized spacial score (nSPS) is 28.0. The van der Waals surface area contributed by atoms with Gasteiger partial charge in [-0.1, -0.05) is 81.1 Å². The van der Waals surface area contributed by atoms with Gasteiger partial charge in [0.1, 0.15) is 12.1 Å². The molecule has 3 aliphatic carbocycles. The smallest absolute Gasteiger partial charge is 0.315 e. The molecule has 5 aliphatic rings. The summed E-state index contributed by atoms with van der Waals surface area (Å²) in [6.45, 7) is 18.6. The second-order valence-electron chi connectivity index (χ2n) is 18.1. The third-order valence-electron chi connectivity index (χ3n) is 13.1. The maximum Gasteiger partial charge on any atom is 0.315 e. The highest BCUT2D eigenvalue weighted by atomic mass is 16.5. The van der Waals surface area contributed by atoms with E-state index in [9.17, 15) is 24.0 Å². The van der Waals surface area contributed by atoms with Crippen LogP contribution in [0.5, 0.6) is 0 Å². The van der Waals surface area contributed by atoms with Gasteiger partial charge in [0.25, 0.3) is 5.91 Å². The second-order valence-corrected chi connectivity index (χ2v) is 18.1. The average Bonchev–Trinajstić information content (AvgIpc) is 3.13. The number of carbonyl (C=O) groups is 5. The van der Waals surface area contributed by atoms with E-state index in [1.54, 1.807) is 4.90 Å². The fraction of sp³-hybridized carbons (Fsp3) is 0.861. The summed E-state index contributed by atoms with van der Waals surface area (Å²) < 4.78 is 5.28. The van der Waals surface area contributed by atoms with Crippen molar-refractivity contribution in [3.8, 4) is 0 Å². The number of nitrogens with two attached hydrogens (primary N) is 1. The Balaban J connectivity index is 1.37. The molecule has 5 rings (SSSR count). The van der Waals surface area contributed by atoms with Crippen molar-refractivity contribution in [3.63, 3.8) is 0 Å². The molecule has 0 radical (unpaired) electrons. The zero-order chi connectivity index (χ0) is 35.4.